The fourth-order valence-electron chi connectivity index (χ4n) is 2.91. The highest BCUT2D eigenvalue weighted by molar-refractivity contribution is 7.12. The SMILES string of the molecule is COc1cc(NC(=O)c2ccc(-c3cccc(Cl)c3)o2)ccc1NC(=O)c1cccs1. The molecule has 0 bridgehead atoms. The van der Waals surface area contributed by atoms with E-state index in [0.29, 0.717) is 32.8 Å². The summed E-state index contributed by atoms with van der Waals surface area (Å²) in [6.07, 6.45) is 0. The zero-order chi connectivity index (χ0) is 21.8. The lowest BCUT2D eigenvalue weighted by atomic mass is 10.2. The van der Waals surface area contributed by atoms with Crippen LogP contribution in [0.3, 0.4) is 0 Å². The Morgan fingerprint density at radius 3 is 2.58 bits per heavy atom. The summed E-state index contributed by atoms with van der Waals surface area (Å²) in [6.45, 7) is 0. The molecule has 6 nitrogen and oxygen atoms in total. The van der Waals surface area contributed by atoms with Crippen LogP contribution in [0.1, 0.15) is 20.2 Å². The maximum absolute atomic E-state index is 12.6. The lowest BCUT2D eigenvalue weighted by Crippen LogP contribution is -2.13. The molecule has 2 N–H and O–H groups in total. The number of benzene rings is 2. The van der Waals surface area contributed by atoms with Crippen LogP contribution in [0.15, 0.2) is 76.5 Å². The number of hydrogen-bond donors (Lipinski definition) is 2. The molecule has 0 spiro atoms. The van der Waals surface area contributed by atoms with Crippen molar-refractivity contribution < 1.29 is 18.7 Å². The van der Waals surface area contributed by atoms with Crippen molar-refractivity contribution in [2.45, 2.75) is 0 Å². The summed E-state index contributed by atoms with van der Waals surface area (Å²) in [7, 11) is 1.49. The lowest BCUT2D eigenvalue weighted by molar-refractivity contribution is 0.0995. The number of halogens is 1. The van der Waals surface area contributed by atoms with E-state index in [-0.39, 0.29) is 11.7 Å². The summed E-state index contributed by atoms with van der Waals surface area (Å²) in [6, 6.07) is 19.0. The number of amides is 2. The van der Waals surface area contributed by atoms with Crippen molar-refractivity contribution in [3.8, 4) is 17.1 Å². The number of carbonyl (C=O) groups is 2. The molecule has 0 unspecified atom stereocenters. The van der Waals surface area contributed by atoms with E-state index in [1.165, 1.54) is 18.4 Å². The summed E-state index contributed by atoms with van der Waals surface area (Å²) in [5.41, 5.74) is 1.77. The molecule has 156 valence electrons. The van der Waals surface area contributed by atoms with Gasteiger partial charge in [-0.3, -0.25) is 9.59 Å². The number of carbonyl (C=O) groups excluding carboxylic acids is 2. The Morgan fingerprint density at radius 2 is 1.84 bits per heavy atom. The van der Waals surface area contributed by atoms with Crippen LogP contribution in [-0.2, 0) is 0 Å². The molecule has 2 heterocycles. The van der Waals surface area contributed by atoms with Gasteiger partial charge in [-0.2, -0.15) is 0 Å². The van der Waals surface area contributed by atoms with Gasteiger partial charge in [-0.05, 0) is 47.8 Å². The van der Waals surface area contributed by atoms with Crippen LogP contribution >= 0.6 is 22.9 Å². The first-order chi connectivity index (χ1) is 15.0. The van der Waals surface area contributed by atoms with E-state index in [2.05, 4.69) is 10.6 Å². The van der Waals surface area contributed by atoms with Gasteiger partial charge >= 0.3 is 0 Å². The predicted octanol–water partition coefficient (Wildman–Crippen LogP) is 6.17. The van der Waals surface area contributed by atoms with Crippen molar-refractivity contribution in [3.63, 3.8) is 0 Å². The summed E-state index contributed by atoms with van der Waals surface area (Å²) in [5, 5.41) is 7.99. The van der Waals surface area contributed by atoms with E-state index in [1.807, 2.05) is 23.6 Å². The van der Waals surface area contributed by atoms with Gasteiger partial charge in [-0.1, -0.05) is 29.8 Å². The normalized spacial score (nSPS) is 10.5. The number of methoxy groups -OCH3 is 1. The second-order valence-corrected chi connectivity index (χ2v) is 7.86. The number of thiophene rings is 1. The standard InChI is InChI=1S/C23H17ClN2O4S/c1-29-20-13-16(7-8-17(20)26-23(28)21-6-3-11-31-21)25-22(27)19-10-9-18(30-19)14-4-2-5-15(24)12-14/h2-13H,1H3,(H,25,27)(H,26,28). The Labute approximate surface area is 187 Å². The molecule has 0 fully saturated rings. The van der Waals surface area contributed by atoms with E-state index in [4.69, 9.17) is 20.8 Å². The van der Waals surface area contributed by atoms with Crippen molar-refractivity contribution in [1.29, 1.82) is 0 Å². The predicted molar refractivity (Wildman–Crippen MR) is 122 cm³/mol. The van der Waals surface area contributed by atoms with Crippen LogP contribution in [-0.4, -0.2) is 18.9 Å². The second-order valence-electron chi connectivity index (χ2n) is 6.47. The first-order valence-corrected chi connectivity index (χ1v) is 10.5. The fraction of sp³-hybridized carbons (Fsp3) is 0.0435. The largest absolute Gasteiger partial charge is 0.494 e. The van der Waals surface area contributed by atoms with Crippen molar-refractivity contribution in [1.82, 2.24) is 0 Å². The third kappa shape index (κ3) is 4.79. The molecule has 2 amide bonds. The number of hydrogen-bond acceptors (Lipinski definition) is 5. The molecule has 4 rings (SSSR count). The second kappa shape index (κ2) is 9.07. The van der Waals surface area contributed by atoms with Crippen molar-refractivity contribution in [2.24, 2.45) is 0 Å². The topological polar surface area (TPSA) is 80.6 Å². The quantitative estimate of drug-likeness (QED) is 0.366. The molecule has 0 aliphatic rings. The van der Waals surface area contributed by atoms with Crippen LogP contribution in [0.5, 0.6) is 5.75 Å². The molecule has 2 aromatic carbocycles. The van der Waals surface area contributed by atoms with Crippen LogP contribution < -0.4 is 15.4 Å². The Kier molecular flexibility index (Phi) is 6.06. The zero-order valence-corrected chi connectivity index (χ0v) is 17.9. The molecule has 2 aromatic heterocycles. The van der Waals surface area contributed by atoms with Crippen molar-refractivity contribution in [2.75, 3.05) is 17.7 Å². The third-order valence-electron chi connectivity index (χ3n) is 4.39. The molecule has 8 heteroatoms. The van der Waals surface area contributed by atoms with Crippen LogP contribution in [0.25, 0.3) is 11.3 Å². The summed E-state index contributed by atoms with van der Waals surface area (Å²) >= 11 is 7.36. The molecule has 0 radical (unpaired) electrons. The minimum atomic E-state index is -0.411. The molecule has 0 saturated heterocycles. The highest BCUT2D eigenvalue weighted by atomic mass is 35.5. The summed E-state index contributed by atoms with van der Waals surface area (Å²) < 4.78 is 11.0. The van der Waals surface area contributed by atoms with Gasteiger partial charge in [-0.15, -0.1) is 11.3 Å². The highest BCUT2D eigenvalue weighted by Gasteiger charge is 2.15. The highest BCUT2D eigenvalue weighted by Crippen LogP contribution is 2.30. The van der Waals surface area contributed by atoms with E-state index in [0.717, 1.165) is 5.56 Å². The van der Waals surface area contributed by atoms with E-state index in [1.54, 1.807) is 48.5 Å². The number of nitrogens with one attached hydrogen (secondary N) is 2. The molecule has 0 aliphatic heterocycles. The van der Waals surface area contributed by atoms with Gasteiger partial charge in [0, 0.05) is 22.3 Å². The van der Waals surface area contributed by atoms with Gasteiger partial charge in [-0.25, -0.2) is 0 Å². The van der Waals surface area contributed by atoms with Crippen LogP contribution in [0, 0.1) is 0 Å². The first kappa shape index (κ1) is 20.7. The Hall–Kier alpha value is -3.55. The monoisotopic (exact) mass is 452 g/mol. The van der Waals surface area contributed by atoms with Crippen LogP contribution in [0.4, 0.5) is 11.4 Å². The maximum atomic E-state index is 12.6. The smallest absolute Gasteiger partial charge is 0.291 e. The minimum Gasteiger partial charge on any atom is -0.494 e. The average molecular weight is 453 g/mol. The molecular weight excluding hydrogens is 436 g/mol. The first-order valence-electron chi connectivity index (χ1n) is 9.23. The molecular formula is C23H17ClN2O4S. The van der Waals surface area contributed by atoms with E-state index >= 15 is 0 Å². The van der Waals surface area contributed by atoms with Gasteiger partial charge < -0.3 is 19.8 Å². The zero-order valence-electron chi connectivity index (χ0n) is 16.3. The summed E-state index contributed by atoms with van der Waals surface area (Å²) in [4.78, 5) is 25.5. The van der Waals surface area contributed by atoms with Gasteiger partial charge in [0.2, 0.25) is 0 Å². The summed E-state index contributed by atoms with van der Waals surface area (Å²) in [5.74, 6) is 0.475. The van der Waals surface area contributed by atoms with Gasteiger partial charge in [0.05, 0.1) is 17.7 Å². The maximum Gasteiger partial charge on any atom is 0.291 e. The number of ether oxygens (including phenoxy) is 1. The average Bonchev–Trinajstić information content (AvgIpc) is 3.47. The molecule has 0 aliphatic carbocycles. The molecule has 4 aromatic rings. The number of anilines is 2. The van der Waals surface area contributed by atoms with Crippen LogP contribution in [0.2, 0.25) is 5.02 Å². The number of furan rings is 1. The van der Waals surface area contributed by atoms with E-state index < -0.39 is 5.91 Å². The molecule has 31 heavy (non-hydrogen) atoms. The Bertz CT molecular complexity index is 1230. The van der Waals surface area contributed by atoms with Gasteiger partial charge in [0.15, 0.2) is 5.76 Å². The van der Waals surface area contributed by atoms with Gasteiger partial charge in [0.1, 0.15) is 11.5 Å². The van der Waals surface area contributed by atoms with E-state index in [9.17, 15) is 9.59 Å². The molecule has 0 saturated carbocycles. The van der Waals surface area contributed by atoms with Crippen molar-refractivity contribution in [3.05, 3.63) is 87.8 Å². The Morgan fingerprint density at radius 1 is 0.968 bits per heavy atom. The van der Waals surface area contributed by atoms with Crippen molar-refractivity contribution >= 4 is 46.1 Å². The lowest BCUT2D eigenvalue weighted by Gasteiger charge is -2.12. The minimum absolute atomic E-state index is 0.156. The Balaban J connectivity index is 1.48. The molecule has 0 atom stereocenters. The third-order valence-corrected chi connectivity index (χ3v) is 5.50. The number of rotatable bonds is 6. The van der Waals surface area contributed by atoms with Gasteiger partial charge in [0.25, 0.3) is 11.8 Å². The fourth-order valence-corrected chi connectivity index (χ4v) is 3.72.